The van der Waals surface area contributed by atoms with Crippen LogP contribution in [0.3, 0.4) is 0 Å². The fraction of sp³-hybridized carbons (Fsp3) is 0. The number of carbonyl (C=O) groups excluding carboxylic acids is 1. The van der Waals surface area contributed by atoms with E-state index < -0.39 is 0 Å². The highest BCUT2D eigenvalue weighted by molar-refractivity contribution is 7.21. The second kappa shape index (κ2) is 3.01. The lowest BCUT2D eigenvalue weighted by molar-refractivity contribution is 0.112. The zero-order valence-corrected chi connectivity index (χ0v) is 8.15. The summed E-state index contributed by atoms with van der Waals surface area (Å²) in [7, 11) is 0. The molecule has 1 aromatic carbocycles. The molecule has 0 atom stereocenters. The molecule has 2 nitrogen and oxygen atoms in total. The van der Waals surface area contributed by atoms with Crippen molar-refractivity contribution in [1.82, 2.24) is 0 Å². The van der Waals surface area contributed by atoms with Crippen LogP contribution in [0.2, 0.25) is 5.02 Å². The molecule has 13 heavy (non-hydrogen) atoms. The topological polar surface area (TPSA) is 43.1 Å². The summed E-state index contributed by atoms with van der Waals surface area (Å²) in [6, 6.07) is 5.47. The minimum absolute atomic E-state index is 0.525. The van der Waals surface area contributed by atoms with Gasteiger partial charge in [-0.2, -0.15) is 0 Å². The van der Waals surface area contributed by atoms with Gasteiger partial charge in [0.1, 0.15) is 0 Å². The van der Waals surface area contributed by atoms with Crippen molar-refractivity contribution in [3.05, 3.63) is 28.1 Å². The predicted molar refractivity (Wildman–Crippen MR) is 56.6 cm³/mol. The maximum absolute atomic E-state index is 10.6. The largest absolute Gasteiger partial charge is 0.397 e. The van der Waals surface area contributed by atoms with E-state index in [2.05, 4.69) is 0 Å². The molecule has 0 aliphatic rings. The van der Waals surface area contributed by atoms with Gasteiger partial charge < -0.3 is 5.73 Å². The Labute approximate surface area is 83.9 Å². The first-order chi connectivity index (χ1) is 6.24. The molecular formula is C9H6ClNOS. The first-order valence-corrected chi connectivity index (χ1v) is 4.85. The zero-order chi connectivity index (χ0) is 9.42. The lowest BCUT2D eigenvalue weighted by atomic mass is 10.2. The van der Waals surface area contributed by atoms with E-state index in [-0.39, 0.29) is 0 Å². The van der Waals surface area contributed by atoms with Crippen LogP contribution in [-0.2, 0) is 0 Å². The number of benzene rings is 1. The van der Waals surface area contributed by atoms with Gasteiger partial charge in [0.05, 0.1) is 20.3 Å². The molecule has 0 fully saturated rings. The molecule has 0 unspecified atom stereocenters. The number of fused-ring (bicyclic) bond motifs is 1. The van der Waals surface area contributed by atoms with E-state index in [4.69, 9.17) is 17.3 Å². The van der Waals surface area contributed by atoms with Crippen LogP contribution in [0, 0.1) is 0 Å². The summed E-state index contributed by atoms with van der Waals surface area (Å²) in [6.07, 6.45) is 0.760. The van der Waals surface area contributed by atoms with Crippen LogP contribution in [0.4, 0.5) is 5.69 Å². The Bertz CT molecular complexity index is 478. The monoisotopic (exact) mass is 211 g/mol. The van der Waals surface area contributed by atoms with Gasteiger partial charge >= 0.3 is 0 Å². The molecule has 0 aliphatic carbocycles. The van der Waals surface area contributed by atoms with Crippen LogP contribution in [0.25, 0.3) is 10.1 Å². The van der Waals surface area contributed by atoms with E-state index in [1.54, 1.807) is 6.07 Å². The van der Waals surface area contributed by atoms with E-state index in [1.807, 2.05) is 12.1 Å². The quantitative estimate of drug-likeness (QED) is 0.737. The number of nitrogen functional groups attached to an aromatic ring is 1. The third-order valence-electron chi connectivity index (χ3n) is 1.84. The van der Waals surface area contributed by atoms with E-state index in [0.29, 0.717) is 15.6 Å². The second-order valence-corrected chi connectivity index (χ2v) is 4.07. The number of hydrogen-bond acceptors (Lipinski definition) is 3. The van der Waals surface area contributed by atoms with E-state index in [0.717, 1.165) is 16.4 Å². The van der Waals surface area contributed by atoms with Gasteiger partial charge in [0.25, 0.3) is 0 Å². The molecule has 1 aromatic heterocycles. The number of nitrogens with two attached hydrogens (primary N) is 1. The Balaban J connectivity index is 2.91. The molecule has 0 radical (unpaired) electrons. The fourth-order valence-electron chi connectivity index (χ4n) is 1.21. The highest BCUT2D eigenvalue weighted by Crippen LogP contribution is 2.36. The van der Waals surface area contributed by atoms with Crippen molar-refractivity contribution in [3.8, 4) is 0 Å². The summed E-state index contributed by atoms with van der Waals surface area (Å²) in [6.45, 7) is 0. The van der Waals surface area contributed by atoms with Crippen molar-refractivity contribution in [2.24, 2.45) is 0 Å². The third kappa shape index (κ3) is 1.20. The van der Waals surface area contributed by atoms with Crippen LogP contribution in [0.5, 0.6) is 0 Å². The molecule has 2 N–H and O–H groups in total. The molecule has 1 heterocycles. The van der Waals surface area contributed by atoms with E-state index >= 15 is 0 Å². The third-order valence-corrected chi connectivity index (χ3v) is 3.45. The summed E-state index contributed by atoms with van der Waals surface area (Å²) in [5.41, 5.74) is 6.26. The number of thiophene rings is 1. The number of halogens is 1. The smallest absolute Gasteiger partial charge is 0.162 e. The number of rotatable bonds is 1. The number of aldehydes is 1. The Hall–Kier alpha value is -1.06. The van der Waals surface area contributed by atoms with Gasteiger partial charge in [-0.1, -0.05) is 23.7 Å². The maximum atomic E-state index is 10.6. The lowest BCUT2D eigenvalue weighted by Gasteiger charge is -1.92. The van der Waals surface area contributed by atoms with Crippen molar-refractivity contribution in [2.75, 3.05) is 5.73 Å². The van der Waals surface area contributed by atoms with E-state index in [9.17, 15) is 4.79 Å². The van der Waals surface area contributed by atoms with Crippen LogP contribution >= 0.6 is 22.9 Å². The van der Waals surface area contributed by atoms with Crippen molar-refractivity contribution < 1.29 is 4.79 Å². The van der Waals surface area contributed by atoms with Crippen molar-refractivity contribution >= 4 is 45.0 Å². The van der Waals surface area contributed by atoms with Crippen molar-refractivity contribution in [2.45, 2.75) is 0 Å². The summed E-state index contributed by atoms with van der Waals surface area (Å²) >= 11 is 7.26. The molecule has 2 aromatic rings. The molecule has 0 aliphatic heterocycles. The summed E-state index contributed by atoms with van der Waals surface area (Å²) < 4.78 is 0.878. The molecule has 0 bridgehead atoms. The standard InChI is InChI=1S/C9H6ClNOS/c10-6-3-1-2-5-8(11)7(4-12)13-9(5)6/h1-4H,11H2. The number of carbonyl (C=O) groups is 1. The first-order valence-electron chi connectivity index (χ1n) is 3.65. The van der Waals surface area contributed by atoms with Gasteiger partial charge in [0, 0.05) is 5.39 Å². The molecule has 0 spiro atoms. The molecule has 0 amide bonds. The highest BCUT2D eigenvalue weighted by Gasteiger charge is 2.09. The molecule has 2 rings (SSSR count). The zero-order valence-electron chi connectivity index (χ0n) is 6.58. The van der Waals surface area contributed by atoms with Crippen LogP contribution in [0.15, 0.2) is 18.2 Å². The Kier molecular flexibility index (Phi) is 1.98. The first kappa shape index (κ1) is 8.53. The molecule has 4 heteroatoms. The summed E-state index contributed by atoms with van der Waals surface area (Å²) in [5.74, 6) is 0. The van der Waals surface area contributed by atoms with Crippen LogP contribution in [-0.4, -0.2) is 6.29 Å². The molecule has 0 saturated heterocycles. The van der Waals surface area contributed by atoms with Gasteiger partial charge in [-0.05, 0) is 6.07 Å². The second-order valence-electron chi connectivity index (χ2n) is 2.61. The van der Waals surface area contributed by atoms with Crippen LogP contribution < -0.4 is 5.73 Å². The van der Waals surface area contributed by atoms with Gasteiger partial charge in [-0.25, -0.2) is 0 Å². The van der Waals surface area contributed by atoms with Gasteiger partial charge in [0.2, 0.25) is 0 Å². The lowest BCUT2D eigenvalue weighted by Crippen LogP contribution is -1.86. The molecule has 66 valence electrons. The normalized spacial score (nSPS) is 10.5. The van der Waals surface area contributed by atoms with Crippen LogP contribution in [0.1, 0.15) is 9.67 Å². The number of hydrogen-bond donors (Lipinski definition) is 1. The average Bonchev–Trinajstić information content (AvgIpc) is 2.45. The van der Waals surface area contributed by atoms with Gasteiger partial charge in [-0.3, -0.25) is 4.79 Å². The maximum Gasteiger partial charge on any atom is 0.162 e. The van der Waals surface area contributed by atoms with Gasteiger partial charge in [0.15, 0.2) is 6.29 Å². The van der Waals surface area contributed by atoms with Crippen molar-refractivity contribution in [3.63, 3.8) is 0 Å². The minimum Gasteiger partial charge on any atom is -0.397 e. The highest BCUT2D eigenvalue weighted by atomic mass is 35.5. The Morgan fingerprint density at radius 1 is 1.46 bits per heavy atom. The summed E-state index contributed by atoms with van der Waals surface area (Å²) in [5, 5.41) is 1.50. The average molecular weight is 212 g/mol. The van der Waals surface area contributed by atoms with E-state index in [1.165, 1.54) is 11.3 Å². The molecular weight excluding hydrogens is 206 g/mol. The van der Waals surface area contributed by atoms with Crippen molar-refractivity contribution in [1.29, 1.82) is 0 Å². The SMILES string of the molecule is Nc1c(C=O)sc2c(Cl)cccc12. The summed E-state index contributed by atoms with van der Waals surface area (Å²) in [4.78, 5) is 11.1. The molecule has 0 saturated carbocycles. The fourth-order valence-corrected chi connectivity index (χ4v) is 2.44. The van der Waals surface area contributed by atoms with Gasteiger partial charge in [-0.15, -0.1) is 11.3 Å². The number of anilines is 1. The Morgan fingerprint density at radius 3 is 2.85 bits per heavy atom. The minimum atomic E-state index is 0.525. The Morgan fingerprint density at radius 2 is 2.23 bits per heavy atom. The predicted octanol–water partition coefficient (Wildman–Crippen LogP) is 2.95.